The van der Waals surface area contributed by atoms with Gasteiger partial charge >= 0.3 is 10.5 Å². The molecule has 1 unspecified atom stereocenters. The Hall–Kier alpha value is -2.76. The van der Waals surface area contributed by atoms with Gasteiger partial charge in [-0.25, -0.2) is 4.68 Å². The predicted molar refractivity (Wildman–Crippen MR) is 94.3 cm³/mol. The summed E-state index contributed by atoms with van der Waals surface area (Å²) in [6.07, 6.45) is 1.77. The highest BCUT2D eigenvalue weighted by atomic mass is 32.3. The predicted octanol–water partition coefficient (Wildman–Crippen LogP) is 0.336. The third-order valence-corrected chi connectivity index (χ3v) is 3.89. The summed E-state index contributed by atoms with van der Waals surface area (Å²) in [4.78, 5) is 23.0. The smallest absolute Gasteiger partial charge is 0.358 e. The van der Waals surface area contributed by atoms with Gasteiger partial charge in [0.05, 0.1) is 6.20 Å². The molecule has 2 radical (unpaired) electrons. The Morgan fingerprint density at radius 3 is 2.67 bits per heavy atom. The third-order valence-electron chi connectivity index (χ3n) is 3.51. The average molecular weight is 394 g/mol. The van der Waals surface area contributed by atoms with E-state index in [1.165, 1.54) is 23.0 Å². The minimum Gasteiger partial charge on any atom is -0.358 e. The van der Waals surface area contributed by atoms with Gasteiger partial charge in [-0.05, 0) is 18.6 Å². The van der Waals surface area contributed by atoms with Crippen molar-refractivity contribution in [3.63, 3.8) is 0 Å². The molecule has 0 bridgehead atoms. The highest BCUT2D eigenvalue weighted by Crippen LogP contribution is 2.29. The van der Waals surface area contributed by atoms with Gasteiger partial charge in [0.15, 0.2) is 5.75 Å². The molecular weight excluding hydrogens is 378 g/mol. The fourth-order valence-electron chi connectivity index (χ4n) is 2.41. The molecule has 1 N–H and O–H groups in total. The van der Waals surface area contributed by atoms with Crippen LogP contribution >= 0.6 is 0 Å². The molecule has 3 rings (SSSR count). The van der Waals surface area contributed by atoms with Crippen LogP contribution < -0.4 is 15.0 Å². The molecule has 2 amide bonds. The first-order chi connectivity index (χ1) is 12.7. The number of nitrogens with zero attached hydrogens (tertiary/aromatic N) is 3. The monoisotopic (exact) mass is 394 g/mol. The van der Waals surface area contributed by atoms with Crippen LogP contribution in [0.3, 0.4) is 0 Å². The molecule has 2 aromatic rings. The number of benzene rings is 1. The van der Waals surface area contributed by atoms with E-state index in [2.05, 4.69) is 19.8 Å². The Bertz CT molecular complexity index is 963. The molecule has 142 valence electrons. The van der Waals surface area contributed by atoms with E-state index < -0.39 is 22.5 Å². The molecule has 1 aromatic heterocycles. The summed E-state index contributed by atoms with van der Waals surface area (Å²) in [5, 5.41) is 9.85. The standard InChI is InChI=1S/C13H10BFN4O5S.C2H6/c14-7-1-2-8(11(5-7)24-25(15,22)23)9-6-19(18-17-9)10-3-4-12(20)16-13(10)21;1-2/h1-2,5-6,10H,3-4H2,(H,16,20,21);1-2H3. The summed E-state index contributed by atoms with van der Waals surface area (Å²) in [5.41, 5.74) is 0.414. The molecule has 1 aromatic carbocycles. The lowest BCUT2D eigenvalue weighted by Gasteiger charge is -2.20. The van der Waals surface area contributed by atoms with Gasteiger partial charge in [-0.3, -0.25) is 14.9 Å². The van der Waals surface area contributed by atoms with Gasteiger partial charge in [-0.15, -0.1) is 5.10 Å². The first kappa shape index (κ1) is 20.6. The van der Waals surface area contributed by atoms with E-state index in [0.717, 1.165) is 6.07 Å². The molecule has 12 heteroatoms. The zero-order valence-electron chi connectivity index (χ0n) is 14.5. The van der Waals surface area contributed by atoms with Gasteiger partial charge in [0.1, 0.15) is 19.6 Å². The summed E-state index contributed by atoms with van der Waals surface area (Å²) in [5.74, 6) is -1.25. The van der Waals surface area contributed by atoms with Gasteiger partial charge in [0.25, 0.3) is 5.91 Å². The number of piperidine rings is 1. The number of hydrogen-bond acceptors (Lipinski definition) is 7. The molecule has 1 aliphatic heterocycles. The van der Waals surface area contributed by atoms with E-state index >= 15 is 0 Å². The van der Waals surface area contributed by atoms with Crippen LogP contribution in [0, 0.1) is 0 Å². The Morgan fingerprint density at radius 1 is 1.33 bits per heavy atom. The minimum atomic E-state index is -5.27. The average Bonchev–Trinajstić information content (AvgIpc) is 3.05. The van der Waals surface area contributed by atoms with E-state index in [4.69, 9.17) is 7.85 Å². The van der Waals surface area contributed by atoms with Gasteiger partial charge in [0.2, 0.25) is 5.91 Å². The lowest BCUT2D eigenvalue weighted by Crippen LogP contribution is -2.41. The van der Waals surface area contributed by atoms with Crippen LogP contribution in [0.4, 0.5) is 3.89 Å². The Kier molecular flexibility index (Phi) is 6.31. The summed E-state index contributed by atoms with van der Waals surface area (Å²) in [6.45, 7) is 4.00. The summed E-state index contributed by atoms with van der Waals surface area (Å²) >= 11 is 0. The molecule has 1 saturated heterocycles. The molecule has 1 fully saturated rings. The normalized spacial score (nSPS) is 16.9. The summed E-state index contributed by atoms with van der Waals surface area (Å²) < 4.78 is 39.9. The molecule has 2 heterocycles. The molecular formula is C15H16BFN4O5S. The van der Waals surface area contributed by atoms with E-state index in [0.29, 0.717) is 0 Å². The van der Waals surface area contributed by atoms with Gasteiger partial charge in [0, 0.05) is 12.0 Å². The van der Waals surface area contributed by atoms with Gasteiger partial charge in [-0.2, -0.15) is 8.42 Å². The number of rotatable bonds is 4. The van der Waals surface area contributed by atoms with Crippen molar-refractivity contribution in [3.05, 3.63) is 24.4 Å². The lowest BCUT2D eigenvalue weighted by molar-refractivity contribution is -0.136. The molecule has 0 saturated carbocycles. The molecule has 1 atom stereocenters. The number of nitrogens with one attached hydrogen (secondary N) is 1. The van der Waals surface area contributed by atoms with Crippen LogP contribution in [0.5, 0.6) is 5.75 Å². The maximum absolute atomic E-state index is 12.9. The second-order valence-corrected chi connectivity index (χ2v) is 6.24. The summed E-state index contributed by atoms with van der Waals surface area (Å²) in [7, 11) is 0.289. The maximum Gasteiger partial charge on any atom is 0.488 e. The van der Waals surface area contributed by atoms with Crippen LogP contribution in [0.15, 0.2) is 24.4 Å². The van der Waals surface area contributed by atoms with E-state index in [1.807, 2.05) is 13.8 Å². The van der Waals surface area contributed by atoms with Gasteiger partial charge < -0.3 is 4.18 Å². The van der Waals surface area contributed by atoms with Crippen molar-refractivity contribution in [1.82, 2.24) is 20.3 Å². The second-order valence-electron chi connectivity index (χ2n) is 5.28. The second kappa shape index (κ2) is 8.29. The van der Waals surface area contributed by atoms with Crippen molar-refractivity contribution < 1.29 is 26.1 Å². The van der Waals surface area contributed by atoms with Gasteiger partial charge in [-0.1, -0.05) is 34.5 Å². The largest absolute Gasteiger partial charge is 0.488 e. The number of imide groups is 1. The lowest BCUT2D eigenvalue weighted by atomic mass is 9.94. The number of amides is 2. The zero-order valence-corrected chi connectivity index (χ0v) is 15.4. The Labute approximate surface area is 156 Å². The topological polar surface area (TPSA) is 120 Å². The van der Waals surface area contributed by atoms with Crippen molar-refractivity contribution in [2.45, 2.75) is 32.7 Å². The minimum absolute atomic E-state index is 0.119. The maximum atomic E-state index is 12.9. The number of carbonyl (C=O) groups excluding carboxylic acids is 2. The number of carbonyl (C=O) groups is 2. The molecule has 0 aliphatic carbocycles. The molecule has 0 spiro atoms. The van der Waals surface area contributed by atoms with E-state index in [9.17, 15) is 21.9 Å². The number of aromatic nitrogens is 3. The highest BCUT2D eigenvalue weighted by molar-refractivity contribution is 7.81. The van der Waals surface area contributed by atoms with Crippen LogP contribution in [-0.2, 0) is 20.1 Å². The van der Waals surface area contributed by atoms with Crippen molar-refractivity contribution in [1.29, 1.82) is 0 Å². The summed E-state index contributed by atoms with van der Waals surface area (Å²) in [6, 6.07) is 3.21. The quantitative estimate of drug-likeness (QED) is 0.451. The van der Waals surface area contributed by atoms with Crippen LogP contribution in [0.25, 0.3) is 11.3 Å². The van der Waals surface area contributed by atoms with Crippen LogP contribution in [-0.4, -0.2) is 43.1 Å². The number of hydrogen-bond donors (Lipinski definition) is 1. The zero-order chi connectivity index (χ0) is 20.2. The van der Waals surface area contributed by atoms with Crippen molar-refractivity contribution >= 4 is 35.6 Å². The van der Waals surface area contributed by atoms with Crippen molar-refractivity contribution in [2.24, 2.45) is 0 Å². The Morgan fingerprint density at radius 2 is 2.04 bits per heavy atom. The SMILES string of the molecule is CC.[B]c1ccc(-c2cn(C3CCC(=O)NC3=O)nn2)c(OS(=O)(=O)F)c1. The van der Waals surface area contributed by atoms with Crippen LogP contribution in [0.2, 0.25) is 0 Å². The van der Waals surface area contributed by atoms with E-state index in [1.54, 1.807) is 0 Å². The van der Waals surface area contributed by atoms with E-state index in [-0.39, 0.29) is 41.2 Å². The molecule has 1 aliphatic rings. The number of halogens is 1. The first-order valence-corrected chi connectivity index (χ1v) is 9.33. The Balaban J connectivity index is 0.00000126. The first-order valence-electron chi connectivity index (χ1n) is 8.02. The fraction of sp³-hybridized carbons (Fsp3) is 0.333. The molecule has 9 nitrogen and oxygen atoms in total. The third kappa shape index (κ3) is 5.13. The van der Waals surface area contributed by atoms with Crippen molar-refractivity contribution in [3.8, 4) is 17.0 Å². The molecule has 27 heavy (non-hydrogen) atoms. The van der Waals surface area contributed by atoms with Crippen molar-refractivity contribution in [2.75, 3.05) is 0 Å². The highest BCUT2D eigenvalue weighted by Gasteiger charge is 2.29. The fourth-order valence-corrected chi connectivity index (χ4v) is 2.77. The van der Waals surface area contributed by atoms with Crippen LogP contribution in [0.1, 0.15) is 32.7 Å².